The number of ether oxygens (including phenoxy) is 1. The summed E-state index contributed by atoms with van der Waals surface area (Å²) in [5, 5.41) is 2.51. The standard InChI is InChI=1S/C6H13NO2/c1-5(9-3)4-6(8)7-2/h5H,4H2,1-3H3,(H,7,8). The fourth-order valence-electron chi connectivity index (χ4n) is 0.446. The lowest BCUT2D eigenvalue weighted by atomic mass is 10.3. The molecule has 0 aromatic rings. The molecule has 0 fully saturated rings. The van der Waals surface area contributed by atoms with Crippen LogP contribution >= 0.6 is 0 Å². The van der Waals surface area contributed by atoms with Crippen LogP contribution in [0.4, 0.5) is 0 Å². The molecular weight excluding hydrogens is 118 g/mol. The van der Waals surface area contributed by atoms with Gasteiger partial charge in [0.25, 0.3) is 0 Å². The summed E-state index contributed by atoms with van der Waals surface area (Å²) in [7, 11) is 3.21. The number of hydrogen-bond acceptors (Lipinski definition) is 2. The average Bonchev–Trinajstić information content (AvgIpc) is 1.87. The van der Waals surface area contributed by atoms with Crippen molar-refractivity contribution in [1.29, 1.82) is 0 Å². The SMILES string of the molecule is CNC(=O)CC(C)OC. The first-order valence-electron chi connectivity index (χ1n) is 2.94. The van der Waals surface area contributed by atoms with Crippen LogP contribution in [0.5, 0.6) is 0 Å². The van der Waals surface area contributed by atoms with Crippen LogP contribution < -0.4 is 5.32 Å². The Morgan fingerprint density at radius 2 is 2.33 bits per heavy atom. The Labute approximate surface area is 55.4 Å². The van der Waals surface area contributed by atoms with Gasteiger partial charge in [0.2, 0.25) is 5.91 Å². The van der Waals surface area contributed by atoms with Crippen molar-refractivity contribution in [2.75, 3.05) is 14.2 Å². The normalized spacial score (nSPS) is 12.8. The van der Waals surface area contributed by atoms with Crippen LogP contribution in [0.15, 0.2) is 0 Å². The molecule has 0 saturated heterocycles. The van der Waals surface area contributed by atoms with Crippen molar-refractivity contribution in [3.05, 3.63) is 0 Å². The van der Waals surface area contributed by atoms with E-state index in [1.54, 1.807) is 14.2 Å². The summed E-state index contributed by atoms with van der Waals surface area (Å²) in [5.74, 6) is 0.0179. The van der Waals surface area contributed by atoms with Crippen molar-refractivity contribution in [2.45, 2.75) is 19.4 Å². The molecule has 1 unspecified atom stereocenters. The Kier molecular flexibility index (Phi) is 4.05. The highest BCUT2D eigenvalue weighted by atomic mass is 16.5. The molecule has 54 valence electrons. The van der Waals surface area contributed by atoms with Gasteiger partial charge in [-0.3, -0.25) is 4.79 Å². The molecule has 0 rings (SSSR count). The third-order valence-electron chi connectivity index (χ3n) is 1.15. The molecule has 3 nitrogen and oxygen atoms in total. The van der Waals surface area contributed by atoms with Crippen molar-refractivity contribution in [3.8, 4) is 0 Å². The van der Waals surface area contributed by atoms with Gasteiger partial charge in [-0.2, -0.15) is 0 Å². The number of carbonyl (C=O) groups is 1. The van der Waals surface area contributed by atoms with Gasteiger partial charge in [0, 0.05) is 14.2 Å². The topological polar surface area (TPSA) is 38.3 Å². The van der Waals surface area contributed by atoms with Crippen LogP contribution in [-0.4, -0.2) is 26.2 Å². The summed E-state index contributed by atoms with van der Waals surface area (Å²) in [6, 6.07) is 0. The number of nitrogens with one attached hydrogen (secondary N) is 1. The maximum atomic E-state index is 10.6. The van der Waals surface area contributed by atoms with Gasteiger partial charge >= 0.3 is 0 Å². The van der Waals surface area contributed by atoms with E-state index in [0.717, 1.165) is 0 Å². The van der Waals surface area contributed by atoms with E-state index in [2.05, 4.69) is 5.32 Å². The lowest BCUT2D eigenvalue weighted by molar-refractivity contribution is -0.122. The summed E-state index contributed by atoms with van der Waals surface area (Å²) >= 11 is 0. The summed E-state index contributed by atoms with van der Waals surface area (Å²) in [6.07, 6.45) is 0.456. The second-order valence-electron chi connectivity index (χ2n) is 1.92. The van der Waals surface area contributed by atoms with Gasteiger partial charge in [-0.05, 0) is 6.92 Å². The van der Waals surface area contributed by atoms with Gasteiger partial charge in [-0.25, -0.2) is 0 Å². The first-order chi connectivity index (χ1) is 4.20. The van der Waals surface area contributed by atoms with Crippen molar-refractivity contribution in [3.63, 3.8) is 0 Å². The third-order valence-corrected chi connectivity index (χ3v) is 1.15. The molecule has 9 heavy (non-hydrogen) atoms. The Hall–Kier alpha value is -0.570. The highest BCUT2D eigenvalue weighted by Crippen LogP contribution is 1.92. The van der Waals surface area contributed by atoms with Crippen molar-refractivity contribution >= 4 is 5.91 Å². The molecule has 0 aromatic heterocycles. The highest BCUT2D eigenvalue weighted by molar-refractivity contribution is 5.75. The summed E-state index contributed by atoms with van der Waals surface area (Å²) in [4.78, 5) is 10.6. The third kappa shape index (κ3) is 3.97. The molecule has 0 aliphatic carbocycles. The molecule has 0 radical (unpaired) electrons. The molecule has 1 N–H and O–H groups in total. The molecule has 0 aliphatic rings. The molecule has 0 aliphatic heterocycles. The molecule has 3 heteroatoms. The van der Waals surface area contributed by atoms with E-state index in [9.17, 15) is 4.79 Å². The van der Waals surface area contributed by atoms with Crippen LogP contribution in [0.3, 0.4) is 0 Å². The van der Waals surface area contributed by atoms with Crippen molar-refractivity contribution in [1.82, 2.24) is 5.32 Å². The molecule has 1 amide bonds. The fraction of sp³-hybridized carbons (Fsp3) is 0.833. The van der Waals surface area contributed by atoms with Gasteiger partial charge in [0.15, 0.2) is 0 Å². The monoisotopic (exact) mass is 131 g/mol. The molecule has 0 aromatic carbocycles. The largest absolute Gasteiger partial charge is 0.381 e. The molecular formula is C6H13NO2. The van der Waals surface area contributed by atoms with E-state index in [4.69, 9.17) is 4.74 Å². The van der Waals surface area contributed by atoms with E-state index in [0.29, 0.717) is 6.42 Å². The Bertz CT molecular complexity index is 93.1. The van der Waals surface area contributed by atoms with Gasteiger partial charge in [0.05, 0.1) is 12.5 Å². The second kappa shape index (κ2) is 4.32. The van der Waals surface area contributed by atoms with E-state index in [-0.39, 0.29) is 12.0 Å². The van der Waals surface area contributed by atoms with Crippen molar-refractivity contribution < 1.29 is 9.53 Å². The summed E-state index contributed by atoms with van der Waals surface area (Å²) in [6.45, 7) is 1.86. The summed E-state index contributed by atoms with van der Waals surface area (Å²) in [5.41, 5.74) is 0. The van der Waals surface area contributed by atoms with Gasteiger partial charge in [-0.1, -0.05) is 0 Å². The van der Waals surface area contributed by atoms with Gasteiger partial charge in [0.1, 0.15) is 0 Å². The number of methoxy groups -OCH3 is 1. The zero-order valence-corrected chi connectivity index (χ0v) is 6.10. The second-order valence-corrected chi connectivity index (χ2v) is 1.92. The van der Waals surface area contributed by atoms with Gasteiger partial charge < -0.3 is 10.1 Å². The molecule has 0 saturated carbocycles. The van der Waals surface area contributed by atoms with Crippen LogP contribution in [0.25, 0.3) is 0 Å². The number of amides is 1. The smallest absolute Gasteiger partial charge is 0.222 e. The first kappa shape index (κ1) is 8.43. The number of rotatable bonds is 3. The lowest BCUT2D eigenvalue weighted by Gasteiger charge is -2.06. The highest BCUT2D eigenvalue weighted by Gasteiger charge is 2.04. The Morgan fingerprint density at radius 1 is 1.78 bits per heavy atom. The van der Waals surface area contributed by atoms with E-state index >= 15 is 0 Å². The number of carbonyl (C=O) groups excluding carboxylic acids is 1. The first-order valence-corrected chi connectivity index (χ1v) is 2.94. The van der Waals surface area contributed by atoms with E-state index < -0.39 is 0 Å². The predicted molar refractivity (Wildman–Crippen MR) is 35.2 cm³/mol. The zero-order valence-electron chi connectivity index (χ0n) is 6.10. The predicted octanol–water partition coefficient (Wildman–Crippen LogP) is 0.157. The molecule has 0 heterocycles. The minimum absolute atomic E-state index is 0.0179. The van der Waals surface area contributed by atoms with E-state index in [1.807, 2.05) is 6.92 Å². The molecule has 0 spiro atoms. The lowest BCUT2D eigenvalue weighted by Crippen LogP contribution is -2.23. The zero-order chi connectivity index (χ0) is 7.28. The fourth-order valence-corrected chi connectivity index (χ4v) is 0.446. The maximum absolute atomic E-state index is 10.6. The Morgan fingerprint density at radius 3 is 2.67 bits per heavy atom. The minimum Gasteiger partial charge on any atom is -0.381 e. The molecule has 1 atom stereocenters. The number of hydrogen-bond donors (Lipinski definition) is 1. The quantitative estimate of drug-likeness (QED) is 0.592. The van der Waals surface area contributed by atoms with Crippen LogP contribution in [0, 0.1) is 0 Å². The maximum Gasteiger partial charge on any atom is 0.222 e. The van der Waals surface area contributed by atoms with E-state index in [1.165, 1.54) is 0 Å². The Balaban J connectivity index is 3.34. The molecule has 0 bridgehead atoms. The van der Waals surface area contributed by atoms with Crippen LogP contribution in [-0.2, 0) is 9.53 Å². The summed E-state index contributed by atoms with van der Waals surface area (Å²) < 4.78 is 4.86. The average molecular weight is 131 g/mol. The van der Waals surface area contributed by atoms with Gasteiger partial charge in [-0.15, -0.1) is 0 Å². The van der Waals surface area contributed by atoms with Crippen LogP contribution in [0.2, 0.25) is 0 Å². The van der Waals surface area contributed by atoms with Crippen molar-refractivity contribution in [2.24, 2.45) is 0 Å². The minimum atomic E-state index is 0.0179. The van der Waals surface area contributed by atoms with Crippen LogP contribution in [0.1, 0.15) is 13.3 Å².